The van der Waals surface area contributed by atoms with Gasteiger partial charge in [0.2, 0.25) is 5.91 Å². The van der Waals surface area contributed by atoms with Gasteiger partial charge in [-0.1, -0.05) is 55.5 Å². The maximum Gasteiger partial charge on any atom is 0.305 e. The van der Waals surface area contributed by atoms with Crippen molar-refractivity contribution in [2.24, 2.45) is 5.92 Å². The van der Waals surface area contributed by atoms with Crippen molar-refractivity contribution in [2.45, 2.75) is 82.0 Å². The molecule has 1 saturated heterocycles. The van der Waals surface area contributed by atoms with Gasteiger partial charge in [-0.2, -0.15) is 0 Å². The van der Waals surface area contributed by atoms with E-state index >= 15 is 4.79 Å². The third kappa shape index (κ3) is 5.97. The Balaban J connectivity index is 1.18. The minimum Gasteiger partial charge on any atom is -0.469 e. The molecule has 0 aromatic heterocycles. The van der Waals surface area contributed by atoms with Crippen LogP contribution in [0.3, 0.4) is 0 Å². The Kier molecular flexibility index (Phi) is 9.44. The Morgan fingerprint density at radius 3 is 2.44 bits per heavy atom. The van der Waals surface area contributed by atoms with Gasteiger partial charge < -0.3 is 29.2 Å². The quantitative estimate of drug-likeness (QED) is 0.115. The number of aliphatic hydroxyl groups is 1. The van der Waals surface area contributed by atoms with Crippen LogP contribution in [0, 0.1) is 5.92 Å². The minimum atomic E-state index is -3.12. The Hall–Kier alpha value is -4.88. The van der Waals surface area contributed by atoms with Crippen LogP contribution in [0.15, 0.2) is 78.9 Å². The molecule has 4 aliphatic heterocycles. The van der Waals surface area contributed by atoms with Crippen molar-refractivity contribution in [3.8, 4) is 0 Å². The second kappa shape index (κ2) is 14.0. The molecule has 1 spiro atoms. The summed E-state index contributed by atoms with van der Waals surface area (Å²) in [6.07, 6.45) is 0.920. The molecule has 286 valence electrons. The highest BCUT2D eigenvalue weighted by molar-refractivity contribution is 6.71. The molecule has 0 radical (unpaired) electrons. The van der Waals surface area contributed by atoms with E-state index in [2.05, 4.69) is 0 Å². The summed E-state index contributed by atoms with van der Waals surface area (Å²) in [5.41, 5.74) is 3.22. The van der Waals surface area contributed by atoms with Crippen molar-refractivity contribution >= 4 is 59.8 Å². The highest BCUT2D eigenvalue weighted by Crippen LogP contribution is 2.60. The maximum atomic E-state index is 15.1. The Morgan fingerprint density at radius 2 is 1.71 bits per heavy atom. The van der Waals surface area contributed by atoms with Crippen molar-refractivity contribution < 1.29 is 38.6 Å². The zero-order chi connectivity index (χ0) is 38.8. The van der Waals surface area contributed by atoms with Gasteiger partial charge in [-0.05, 0) is 79.2 Å². The lowest BCUT2D eigenvalue weighted by atomic mass is 9.82. The summed E-state index contributed by atoms with van der Waals surface area (Å²) in [6.45, 7) is 6.05. The van der Waals surface area contributed by atoms with Crippen molar-refractivity contribution in [3.05, 3.63) is 101 Å². The standard InChI is InChI=1S/C43H47N3O8Si/c1-26-40(55(3,4)52)36(23-37(48)45-24-29-12-6-5-11-28(29)21-31(45)25-47)54-43(26)33-22-30(18-19-34(33)44(42(43)51)20-8-7-17-38(49)53-2)46-35-16-10-14-27-13-9-15-32(39(27)35)41(46)50/h5-6,9-16,18-19,22,26,31,36,40,47,52H,7-8,17,20-21,23-25H2,1-4H3/t26-,31-,36+,40-,43+/m0/s1. The largest absolute Gasteiger partial charge is 0.469 e. The van der Waals surface area contributed by atoms with Gasteiger partial charge in [0.1, 0.15) is 0 Å². The molecule has 0 saturated carbocycles. The number of unbranched alkanes of at least 4 members (excludes halogenated alkanes) is 1. The molecule has 0 bridgehead atoms. The molecule has 5 atom stereocenters. The summed E-state index contributed by atoms with van der Waals surface area (Å²) in [6, 6.07) is 24.6. The highest BCUT2D eigenvalue weighted by atomic mass is 28.4. The number of carbonyl (C=O) groups excluding carboxylic acids is 4. The molecule has 55 heavy (non-hydrogen) atoms. The number of benzene rings is 4. The lowest BCUT2D eigenvalue weighted by Gasteiger charge is -2.37. The first-order chi connectivity index (χ1) is 26.4. The molecule has 8 rings (SSSR count). The van der Waals surface area contributed by atoms with Crippen LogP contribution in [0.1, 0.15) is 59.7 Å². The van der Waals surface area contributed by atoms with Gasteiger partial charge in [0.15, 0.2) is 13.9 Å². The van der Waals surface area contributed by atoms with E-state index in [1.165, 1.54) is 7.11 Å². The normalized spacial score (nSPS) is 24.2. The van der Waals surface area contributed by atoms with Gasteiger partial charge in [-0.15, -0.1) is 0 Å². The predicted octanol–water partition coefficient (Wildman–Crippen LogP) is 5.96. The molecule has 4 heterocycles. The Bertz CT molecular complexity index is 2210. The van der Waals surface area contributed by atoms with E-state index < -0.39 is 37.5 Å². The maximum absolute atomic E-state index is 15.1. The van der Waals surface area contributed by atoms with Gasteiger partial charge in [0.05, 0.1) is 49.2 Å². The van der Waals surface area contributed by atoms with E-state index in [0.29, 0.717) is 54.9 Å². The molecular weight excluding hydrogens is 715 g/mol. The number of hydrogen-bond acceptors (Lipinski definition) is 8. The smallest absolute Gasteiger partial charge is 0.305 e. The van der Waals surface area contributed by atoms with E-state index in [-0.39, 0.29) is 43.1 Å². The van der Waals surface area contributed by atoms with Crippen LogP contribution < -0.4 is 9.80 Å². The summed E-state index contributed by atoms with van der Waals surface area (Å²) in [7, 11) is -1.77. The summed E-state index contributed by atoms with van der Waals surface area (Å²) in [5, 5.41) is 12.2. The number of ether oxygens (including phenoxy) is 2. The highest BCUT2D eigenvalue weighted by Gasteiger charge is 2.66. The number of hydrogen-bond donors (Lipinski definition) is 2. The molecule has 4 aliphatic rings. The molecule has 4 aromatic carbocycles. The number of aliphatic hydroxyl groups excluding tert-OH is 1. The summed E-state index contributed by atoms with van der Waals surface area (Å²) >= 11 is 0. The first kappa shape index (κ1) is 37.1. The molecule has 0 aliphatic carbocycles. The molecule has 4 aromatic rings. The van der Waals surface area contributed by atoms with Crippen LogP contribution in [0.4, 0.5) is 17.1 Å². The number of fused-ring (bicyclic) bond motifs is 3. The number of carbonyl (C=O) groups is 4. The van der Waals surface area contributed by atoms with Crippen LogP contribution in [-0.4, -0.2) is 79.2 Å². The number of anilines is 3. The summed E-state index contributed by atoms with van der Waals surface area (Å²) in [4.78, 5) is 72.4. The molecule has 1 fully saturated rings. The van der Waals surface area contributed by atoms with Crippen molar-refractivity contribution in [3.63, 3.8) is 0 Å². The minimum absolute atomic E-state index is 0.0736. The number of esters is 1. The average molecular weight is 762 g/mol. The third-order valence-electron chi connectivity index (χ3n) is 12.3. The second-order valence-corrected chi connectivity index (χ2v) is 19.9. The van der Waals surface area contributed by atoms with Crippen LogP contribution >= 0.6 is 0 Å². The second-order valence-electron chi connectivity index (χ2n) is 15.9. The zero-order valence-corrected chi connectivity index (χ0v) is 32.7. The summed E-state index contributed by atoms with van der Waals surface area (Å²) < 4.78 is 11.9. The van der Waals surface area contributed by atoms with E-state index in [0.717, 1.165) is 27.6 Å². The van der Waals surface area contributed by atoms with Gasteiger partial charge in [-0.25, -0.2) is 0 Å². The first-order valence-electron chi connectivity index (χ1n) is 19.2. The molecular formula is C43H47N3O8Si. The molecule has 2 N–H and O–H groups in total. The lowest BCUT2D eigenvalue weighted by Crippen LogP contribution is -2.48. The van der Waals surface area contributed by atoms with E-state index in [1.807, 2.05) is 98.9 Å². The first-order valence-corrected chi connectivity index (χ1v) is 22.2. The molecule has 11 nitrogen and oxygen atoms in total. The van der Waals surface area contributed by atoms with Crippen LogP contribution in [0.5, 0.6) is 0 Å². The third-order valence-corrected chi connectivity index (χ3v) is 14.8. The van der Waals surface area contributed by atoms with Crippen molar-refractivity contribution in [2.75, 3.05) is 30.1 Å². The monoisotopic (exact) mass is 761 g/mol. The van der Waals surface area contributed by atoms with E-state index in [9.17, 15) is 24.3 Å². The van der Waals surface area contributed by atoms with Gasteiger partial charge >= 0.3 is 5.97 Å². The zero-order valence-electron chi connectivity index (χ0n) is 31.7. The number of methoxy groups -OCH3 is 1. The van der Waals surface area contributed by atoms with E-state index in [4.69, 9.17) is 9.47 Å². The topological polar surface area (TPSA) is 137 Å². The number of rotatable bonds is 10. The van der Waals surface area contributed by atoms with Gasteiger partial charge in [0.25, 0.3) is 11.8 Å². The average Bonchev–Trinajstić information content (AvgIpc) is 3.73. The SMILES string of the molecule is COC(=O)CCCCN1C(=O)[C@]2(O[C@H](CC(=O)N3Cc4ccccc4C[C@H]3CO)[C@@H]([Si](C)(C)O)[C@@H]2C)c2cc(N3C(=O)c4cccc5cccc3c45)ccc21. The fourth-order valence-electron chi connectivity index (χ4n) is 9.77. The predicted molar refractivity (Wildman–Crippen MR) is 210 cm³/mol. The lowest BCUT2D eigenvalue weighted by molar-refractivity contribution is -0.151. The van der Waals surface area contributed by atoms with Crippen LogP contribution in [0.25, 0.3) is 10.8 Å². The van der Waals surface area contributed by atoms with Crippen molar-refractivity contribution in [1.82, 2.24) is 4.90 Å². The van der Waals surface area contributed by atoms with Crippen LogP contribution in [0.2, 0.25) is 18.6 Å². The van der Waals surface area contributed by atoms with E-state index in [1.54, 1.807) is 14.7 Å². The fraction of sp³-hybridized carbons (Fsp3) is 0.395. The molecule has 12 heteroatoms. The van der Waals surface area contributed by atoms with Crippen molar-refractivity contribution in [1.29, 1.82) is 0 Å². The van der Waals surface area contributed by atoms with Gasteiger partial charge in [0, 0.05) is 47.6 Å². The van der Waals surface area contributed by atoms with Gasteiger partial charge in [-0.3, -0.25) is 24.1 Å². The van der Waals surface area contributed by atoms with Crippen LogP contribution in [-0.2, 0) is 42.4 Å². The Labute approximate surface area is 321 Å². The number of amides is 3. The molecule has 0 unspecified atom stereocenters. The number of nitrogens with zero attached hydrogens (tertiary/aromatic N) is 3. The summed E-state index contributed by atoms with van der Waals surface area (Å²) in [5.74, 6) is -1.53. The fourth-order valence-corrected chi connectivity index (χ4v) is 12.3. The Morgan fingerprint density at radius 1 is 0.964 bits per heavy atom. The molecule has 3 amide bonds.